The molecule has 0 bridgehead atoms. The van der Waals surface area contributed by atoms with Crippen molar-refractivity contribution in [1.82, 2.24) is 4.90 Å². The van der Waals surface area contributed by atoms with Gasteiger partial charge in [0.25, 0.3) is 0 Å². The third-order valence-corrected chi connectivity index (χ3v) is 4.46. The van der Waals surface area contributed by atoms with Crippen LogP contribution in [0.1, 0.15) is 49.4 Å². The van der Waals surface area contributed by atoms with Gasteiger partial charge in [-0.1, -0.05) is 18.2 Å². The van der Waals surface area contributed by atoms with Crippen molar-refractivity contribution in [2.24, 2.45) is 11.7 Å². The molecule has 0 amide bonds. The lowest BCUT2D eigenvalue weighted by Crippen LogP contribution is -2.40. The summed E-state index contributed by atoms with van der Waals surface area (Å²) in [5, 5.41) is 0. The van der Waals surface area contributed by atoms with E-state index < -0.39 is 0 Å². The maximum absolute atomic E-state index is 6.12. The van der Waals surface area contributed by atoms with E-state index in [2.05, 4.69) is 50.8 Å². The molecule has 2 heteroatoms. The predicted molar refractivity (Wildman–Crippen MR) is 82.3 cm³/mol. The van der Waals surface area contributed by atoms with E-state index >= 15 is 0 Å². The Bertz CT molecular complexity index is 421. The SMILES string of the molecule is Cc1cccc(C(CN)N(CC2CC2)C(C)C)c1C. The summed E-state index contributed by atoms with van der Waals surface area (Å²) in [6, 6.07) is 7.51. The van der Waals surface area contributed by atoms with Crippen molar-refractivity contribution in [3.63, 3.8) is 0 Å². The average molecular weight is 260 g/mol. The van der Waals surface area contributed by atoms with Crippen molar-refractivity contribution < 1.29 is 0 Å². The Morgan fingerprint density at radius 1 is 1.26 bits per heavy atom. The van der Waals surface area contributed by atoms with Gasteiger partial charge in [0.1, 0.15) is 0 Å². The van der Waals surface area contributed by atoms with Crippen LogP contribution >= 0.6 is 0 Å². The Hall–Kier alpha value is -0.860. The van der Waals surface area contributed by atoms with E-state index in [0.29, 0.717) is 18.6 Å². The zero-order chi connectivity index (χ0) is 14.0. The highest BCUT2D eigenvalue weighted by Gasteiger charge is 2.30. The van der Waals surface area contributed by atoms with Gasteiger partial charge in [-0.15, -0.1) is 0 Å². The number of rotatable bonds is 6. The smallest absolute Gasteiger partial charge is 0.0475 e. The second kappa shape index (κ2) is 6.06. The molecule has 1 atom stereocenters. The highest BCUT2D eigenvalue weighted by Crippen LogP contribution is 2.34. The fourth-order valence-electron chi connectivity index (χ4n) is 2.87. The largest absolute Gasteiger partial charge is 0.329 e. The van der Waals surface area contributed by atoms with E-state index in [1.807, 2.05) is 0 Å². The second-order valence-electron chi connectivity index (χ2n) is 6.27. The van der Waals surface area contributed by atoms with E-state index in [1.54, 1.807) is 0 Å². The molecule has 1 unspecified atom stereocenters. The summed E-state index contributed by atoms with van der Waals surface area (Å²) < 4.78 is 0. The van der Waals surface area contributed by atoms with Crippen LogP contribution in [0, 0.1) is 19.8 Å². The van der Waals surface area contributed by atoms with Gasteiger partial charge in [0.15, 0.2) is 0 Å². The van der Waals surface area contributed by atoms with Crippen LogP contribution in [0.2, 0.25) is 0 Å². The van der Waals surface area contributed by atoms with Gasteiger partial charge < -0.3 is 5.73 Å². The molecule has 2 rings (SSSR count). The van der Waals surface area contributed by atoms with Gasteiger partial charge in [0.05, 0.1) is 0 Å². The molecular weight excluding hydrogens is 232 g/mol. The molecule has 1 aromatic carbocycles. The topological polar surface area (TPSA) is 29.3 Å². The first kappa shape index (κ1) is 14.5. The van der Waals surface area contributed by atoms with E-state index in [0.717, 1.165) is 5.92 Å². The fraction of sp³-hybridized carbons (Fsp3) is 0.647. The molecule has 2 N–H and O–H groups in total. The molecule has 1 aliphatic carbocycles. The number of hydrogen-bond acceptors (Lipinski definition) is 2. The van der Waals surface area contributed by atoms with Crippen LogP contribution in [0.3, 0.4) is 0 Å². The van der Waals surface area contributed by atoms with Gasteiger partial charge in [-0.05, 0) is 63.1 Å². The Morgan fingerprint density at radius 3 is 2.47 bits per heavy atom. The summed E-state index contributed by atoms with van der Waals surface area (Å²) in [6.45, 7) is 10.9. The molecule has 0 heterocycles. The highest BCUT2D eigenvalue weighted by molar-refractivity contribution is 5.35. The molecule has 1 aliphatic rings. The quantitative estimate of drug-likeness (QED) is 0.849. The highest BCUT2D eigenvalue weighted by atomic mass is 15.2. The van der Waals surface area contributed by atoms with E-state index in [9.17, 15) is 0 Å². The number of nitrogens with two attached hydrogens (primary N) is 1. The van der Waals surface area contributed by atoms with Gasteiger partial charge in [-0.3, -0.25) is 4.90 Å². The molecular formula is C17H28N2. The lowest BCUT2D eigenvalue weighted by molar-refractivity contribution is 0.149. The fourth-order valence-corrected chi connectivity index (χ4v) is 2.87. The molecule has 1 aromatic rings. The van der Waals surface area contributed by atoms with Crippen LogP contribution in [0.4, 0.5) is 0 Å². The third-order valence-electron chi connectivity index (χ3n) is 4.46. The molecule has 0 spiro atoms. The molecule has 0 aromatic heterocycles. The van der Waals surface area contributed by atoms with Crippen molar-refractivity contribution in [3.05, 3.63) is 34.9 Å². The summed E-state index contributed by atoms with van der Waals surface area (Å²) in [4.78, 5) is 2.60. The van der Waals surface area contributed by atoms with Gasteiger partial charge >= 0.3 is 0 Å². The molecule has 1 saturated carbocycles. The lowest BCUT2D eigenvalue weighted by Gasteiger charge is -2.35. The Balaban J connectivity index is 2.27. The van der Waals surface area contributed by atoms with Crippen LogP contribution in [0.5, 0.6) is 0 Å². The van der Waals surface area contributed by atoms with Crippen LogP contribution in [0.15, 0.2) is 18.2 Å². The van der Waals surface area contributed by atoms with Crippen molar-refractivity contribution in [3.8, 4) is 0 Å². The first-order valence-electron chi connectivity index (χ1n) is 7.56. The summed E-state index contributed by atoms with van der Waals surface area (Å²) in [7, 11) is 0. The minimum atomic E-state index is 0.362. The number of aryl methyl sites for hydroxylation is 1. The van der Waals surface area contributed by atoms with Gasteiger partial charge in [-0.2, -0.15) is 0 Å². The van der Waals surface area contributed by atoms with Gasteiger partial charge in [-0.25, -0.2) is 0 Å². The van der Waals surface area contributed by atoms with Crippen molar-refractivity contribution in [2.75, 3.05) is 13.1 Å². The molecule has 2 nitrogen and oxygen atoms in total. The normalized spacial score (nSPS) is 17.2. The molecule has 106 valence electrons. The summed E-state index contributed by atoms with van der Waals surface area (Å²) in [5.41, 5.74) is 10.3. The Morgan fingerprint density at radius 2 is 1.95 bits per heavy atom. The zero-order valence-electron chi connectivity index (χ0n) is 12.8. The lowest BCUT2D eigenvalue weighted by atomic mass is 9.95. The van der Waals surface area contributed by atoms with Crippen LogP contribution < -0.4 is 5.73 Å². The van der Waals surface area contributed by atoms with Gasteiger partial charge in [0, 0.05) is 25.2 Å². The predicted octanol–water partition coefficient (Wildman–Crippen LogP) is 3.42. The van der Waals surface area contributed by atoms with Crippen LogP contribution in [-0.2, 0) is 0 Å². The maximum Gasteiger partial charge on any atom is 0.0475 e. The van der Waals surface area contributed by atoms with Crippen molar-refractivity contribution >= 4 is 0 Å². The number of hydrogen-bond donors (Lipinski definition) is 1. The molecule has 0 aliphatic heterocycles. The van der Waals surface area contributed by atoms with E-state index in [1.165, 1.54) is 36.1 Å². The summed E-state index contributed by atoms with van der Waals surface area (Å²) in [5.74, 6) is 0.904. The van der Waals surface area contributed by atoms with Crippen molar-refractivity contribution in [2.45, 2.75) is 52.6 Å². The minimum absolute atomic E-state index is 0.362. The minimum Gasteiger partial charge on any atom is -0.329 e. The molecule has 0 radical (unpaired) electrons. The number of nitrogens with zero attached hydrogens (tertiary/aromatic N) is 1. The molecule has 0 saturated heterocycles. The van der Waals surface area contributed by atoms with Crippen LogP contribution in [-0.4, -0.2) is 24.0 Å². The summed E-state index contributed by atoms with van der Waals surface area (Å²) >= 11 is 0. The summed E-state index contributed by atoms with van der Waals surface area (Å²) in [6.07, 6.45) is 2.79. The Kier molecular flexibility index (Phi) is 4.64. The third kappa shape index (κ3) is 3.37. The molecule has 1 fully saturated rings. The number of benzene rings is 1. The Labute approximate surface area is 118 Å². The molecule has 19 heavy (non-hydrogen) atoms. The second-order valence-corrected chi connectivity index (χ2v) is 6.27. The van der Waals surface area contributed by atoms with E-state index in [-0.39, 0.29) is 0 Å². The maximum atomic E-state index is 6.12. The first-order valence-corrected chi connectivity index (χ1v) is 7.56. The van der Waals surface area contributed by atoms with Crippen molar-refractivity contribution in [1.29, 1.82) is 0 Å². The average Bonchev–Trinajstić information content (AvgIpc) is 3.17. The van der Waals surface area contributed by atoms with Crippen LogP contribution in [0.25, 0.3) is 0 Å². The zero-order valence-corrected chi connectivity index (χ0v) is 12.8. The standard InChI is InChI=1S/C17H28N2/c1-12(2)19(11-15-8-9-15)17(10-18)16-7-5-6-13(3)14(16)4/h5-7,12,15,17H,8-11,18H2,1-4H3. The van der Waals surface area contributed by atoms with E-state index in [4.69, 9.17) is 5.73 Å². The monoisotopic (exact) mass is 260 g/mol. The van der Waals surface area contributed by atoms with Gasteiger partial charge in [0.2, 0.25) is 0 Å². The first-order chi connectivity index (χ1) is 9.04.